The van der Waals surface area contributed by atoms with Crippen molar-refractivity contribution in [3.8, 4) is 5.75 Å². The number of pyridine rings is 2. The van der Waals surface area contributed by atoms with Gasteiger partial charge in [-0.15, -0.1) is 0 Å². The minimum atomic E-state index is -0.681. The van der Waals surface area contributed by atoms with Crippen LogP contribution < -0.4 is 21.3 Å². The first-order valence-corrected chi connectivity index (χ1v) is 11.8. The van der Waals surface area contributed by atoms with Gasteiger partial charge in [-0.2, -0.15) is 0 Å². The molecule has 2 aromatic heterocycles. The van der Waals surface area contributed by atoms with Gasteiger partial charge in [-0.05, 0) is 18.6 Å². The van der Waals surface area contributed by atoms with E-state index >= 15 is 0 Å². The lowest BCUT2D eigenvalue weighted by Crippen LogP contribution is -2.54. The zero-order chi connectivity index (χ0) is 26.7. The second-order valence-electron chi connectivity index (χ2n) is 9.50. The van der Waals surface area contributed by atoms with E-state index < -0.39 is 22.8 Å². The van der Waals surface area contributed by atoms with Crippen LogP contribution in [0.5, 0.6) is 5.75 Å². The number of aliphatic hydroxyl groups is 1. The number of nitrogens with one attached hydrogen (secondary N) is 1. The Bertz CT molecular complexity index is 1380. The quantitative estimate of drug-likeness (QED) is 0.382. The number of anilines is 1. The Morgan fingerprint density at radius 2 is 1.97 bits per heavy atom. The first-order chi connectivity index (χ1) is 17.7. The summed E-state index contributed by atoms with van der Waals surface area (Å²) in [6, 6.07) is 10.6. The van der Waals surface area contributed by atoms with E-state index in [4.69, 9.17) is 15.2 Å². The third-order valence-corrected chi connectivity index (χ3v) is 6.52. The Balaban J connectivity index is 1.68. The van der Waals surface area contributed by atoms with E-state index in [1.54, 1.807) is 7.05 Å². The molecule has 1 saturated heterocycles. The fraction of sp³-hybridized carbons (Fsp3) is 0.385. The minimum Gasteiger partial charge on any atom is -0.496 e. The lowest BCUT2D eigenvalue weighted by Gasteiger charge is -2.42. The van der Waals surface area contributed by atoms with Crippen molar-refractivity contribution in [3.63, 3.8) is 0 Å². The largest absolute Gasteiger partial charge is 0.496 e. The number of amides is 2. The predicted molar refractivity (Wildman–Crippen MR) is 137 cm³/mol. The van der Waals surface area contributed by atoms with Crippen LogP contribution in [0, 0.1) is 12.3 Å². The number of hydrogen-bond donors (Lipinski definition) is 3. The van der Waals surface area contributed by atoms with Crippen molar-refractivity contribution in [3.05, 3.63) is 63.4 Å². The van der Waals surface area contributed by atoms with Crippen molar-refractivity contribution in [1.82, 2.24) is 19.8 Å². The SMILES string of the molecule is COc1cc(N)nc2c1cc(C(=O)NCc1ccc(C)cc1)c(=O)n2CC(=O)N(C)CC1(CO)COC1. The van der Waals surface area contributed by atoms with Gasteiger partial charge < -0.3 is 30.5 Å². The molecule has 4 N–H and O–H groups in total. The topological polar surface area (TPSA) is 149 Å². The Hall–Kier alpha value is -3.96. The first kappa shape index (κ1) is 26.1. The molecule has 3 heterocycles. The molecule has 0 unspecified atom stereocenters. The maximum Gasteiger partial charge on any atom is 0.265 e. The highest BCUT2D eigenvalue weighted by Gasteiger charge is 2.40. The van der Waals surface area contributed by atoms with Crippen LogP contribution in [0.3, 0.4) is 0 Å². The zero-order valence-corrected chi connectivity index (χ0v) is 21.1. The highest BCUT2D eigenvalue weighted by Crippen LogP contribution is 2.28. The zero-order valence-electron chi connectivity index (χ0n) is 21.1. The maximum atomic E-state index is 13.5. The molecule has 0 radical (unpaired) electrons. The third-order valence-electron chi connectivity index (χ3n) is 6.52. The Labute approximate surface area is 213 Å². The molecule has 0 bridgehead atoms. The highest BCUT2D eigenvalue weighted by molar-refractivity contribution is 5.98. The normalized spacial score (nSPS) is 14.2. The molecule has 11 nitrogen and oxygen atoms in total. The Morgan fingerprint density at radius 1 is 1.27 bits per heavy atom. The lowest BCUT2D eigenvalue weighted by atomic mass is 9.86. The number of aromatic nitrogens is 2. The van der Waals surface area contributed by atoms with Crippen LogP contribution in [0.1, 0.15) is 21.5 Å². The number of fused-ring (bicyclic) bond motifs is 1. The number of rotatable bonds is 9. The molecule has 3 aromatic rings. The summed E-state index contributed by atoms with van der Waals surface area (Å²) in [5.41, 5.74) is 6.67. The van der Waals surface area contributed by atoms with E-state index in [0.29, 0.717) is 24.3 Å². The summed E-state index contributed by atoms with van der Waals surface area (Å²) in [7, 11) is 3.03. The van der Waals surface area contributed by atoms with Gasteiger partial charge in [-0.25, -0.2) is 4.98 Å². The van der Waals surface area contributed by atoms with Gasteiger partial charge in [0.1, 0.15) is 29.3 Å². The molecule has 1 aromatic carbocycles. The van der Waals surface area contributed by atoms with Crippen LogP contribution in [0.4, 0.5) is 5.82 Å². The monoisotopic (exact) mass is 509 g/mol. The second-order valence-corrected chi connectivity index (χ2v) is 9.50. The molecule has 1 aliphatic heterocycles. The number of nitrogen functional groups attached to an aromatic ring is 1. The van der Waals surface area contributed by atoms with Crippen LogP contribution in [0.15, 0.2) is 41.2 Å². The van der Waals surface area contributed by atoms with Crippen molar-refractivity contribution in [2.45, 2.75) is 20.0 Å². The van der Waals surface area contributed by atoms with E-state index in [1.165, 1.54) is 24.1 Å². The first-order valence-electron chi connectivity index (χ1n) is 11.8. The molecule has 37 heavy (non-hydrogen) atoms. The number of aliphatic hydroxyl groups excluding tert-OH is 1. The van der Waals surface area contributed by atoms with Gasteiger partial charge >= 0.3 is 0 Å². The van der Waals surface area contributed by atoms with E-state index in [-0.39, 0.29) is 43.3 Å². The average Bonchev–Trinajstić information content (AvgIpc) is 2.86. The molecule has 1 aliphatic rings. The van der Waals surface area contributed by atoms with Crippen LogP contribution >= 0.6 is 0 Å². The average molecular weight is 510 g/mol. The van der Waals surface area contributed by atoms with Gasteiger partial charge in [0.15, 0.2) is 0 Å². The molecule has 0 atom stereocenters. The summed E-state index contributed by atoms with van der Waals surface area (Å²) < 4.78 is 11.8. The van der Waals surface area contributed by atoms with Crippen molar-refractivity contribution >= 4 is 28.7 Å². The smallest absolute Gasteiger partial charge is 0.265 e. The lowest BCUT2D eigenvalue weighted by molar-refractivity contribution is -0.156. The predicted octanol–water partition coefficient (Wildman–Crippen LogP) is 0.693. The van der Waals surface area contributed by atoms with Crippen molar-refractivity contribution in [2.75, 3.05) is 46.3 Å². The minimum absolute atomic E-state index is 0.0979. The van der Waals surface area contributed by atoms with Crippen LogP contribution in [-0.4, -0.2) is 71.9 Å². The maximum absolute atomic E-state index is 13.5. The van der Waals surface area contributed by atoms with Crippen molar-refractivity contribution < 1.29 is 24.2 Å². The second kappa shape index (κ2) is 10.6. The number of nitrogens with zero attached hydrogens (tertiary/aromatic N) is 3. The summed E-state index contributed by atoms with van der Waals surface area (Å²) in [5.74, 6) is -0.577. The van der Waals surface area contributed by atoms with Gasteiger partial charge in [0.25, 0.3) is 11.5 Å². The third kappa shape index (κ3) is 5.42. The van der Waals surface area contributed by atoms with Crippen molar-refractivity contribution in [1.29, 1.82) is 0 Å². The number of benzene rings is 1. The molecule has 0 aliphatic carbocycles. The van der Waals surface area contributed by atoms with Crippen LogP contribution in [0.2, 0.25) is 0 Å². The fourth-order valence-electron chi connectivity index (χ4n) is 4.26. The van der Waals surface area contributed by atoms with Gasteiger partial charge in [-0.3, -0.25) is 19.0 Å². The number of nitrogens with two attached hydrogens (primary N) is 1. The molecule has 0 spiro atoms. The molecule has 11 heteroatoms. The van der Waals surface area contributed by atoms with E-state index in [1.807, 2.05) is 31.2 Å². The Morgan fingerprint density at radius 3 is 2.57 bits per heavy atom. The van der Waals surface area contributed by atoms with Gasteiger partial charge in [0.2, 0.25) is 5.91 Å². The van der Waals surface area contributed by atoms with Gasteiger partial charge in [0.05, 0.1) is 37.7 Å². The Kier molecular flexibility index (Phi) is 7.46. The number of carbonyl (C=O) groups is 2. The standard InChI is InChI=1S/C26H31N5O6/c1-16-4-6-17(7-5-16)10-28-24(34)19-8-18-20(36-3)9-21(27)29-23(18)31(25(19)35)11-22(33)30(2)12-26(13-32)14-37-15-26/h4-9,32H,10-15H2,1-3H3,(H2,27,29)(H,28,34). The molecular formula is C26H31N5O6. The summed E-state index contributed by atoms with van der Waals surface area (Å²) in [6.07, 6.45) is 0. The summed E-state index contributed by atoms with van der Waals surface area (Å²) in [6.45, 7) is 2.62. The summed E-state index contributed by atoms with van der Waals surface area (Å²) in [4.78, 5) is 45.5. The number of ether oxygens (including phenoxy) is 2. The highest BCUT2D eigenvalue weighted by atomic mass is 16.5. The fourth-order valence-corrected chi connectivity index (χ4v) is 4.26. The molecule has 1 fully saturated rings. The summed E-state index contributed by atoms with van der Waals surface area (Å²) in [5, 5.41) is 12.9. The van der Waals surface area contributed by atoms with Crippen LogP contribution in [0.25, 0.3) is 11.0 Å². The number of likely N-dealkylation sites (N-methyl/N-ethyl adjacent to an activating group) is 1. The van der Waals surface area contributed by atoms with Gasteiger partial charge in [0, 0.05) is 26.2 Å². The van der Waals surface area contributed by atoms with Crippen molar-refractivity contribution in [2.24, 2.45) is 5.41 Å². The van der Waals surface area contributed by atoms with Crippen LogP contribution in [-0.2, 0) is 22.6 Å². The molecule has 0 saturated carbocycles. The van der Waals surface area contributed by atoms with E-state index in [2.05, 4.69) is 10.3 Å². The molecular weight excluding hydrogens is 478 g/mol. The van der Waals surface area contributed by atoms with E-state index in [9.17, 15) is 19.5 Å². The van der Waals surface area contributed by atoms with E-state index in [0.717, 1.165) is 15.7 Å². The van der Waals surface area contributed by atoms with Gasteiger partial charge in [-0.1, -0.05) is 29.8 Å². The number of carbonyl (C=O) groups excluding carboxylic acids is 2. The summed E-state index contributed by atoms with van der Waals surface area (Å²) >= 11 is 0. The molecule has 2 amide bonds. The number of aryl methyl sites for hydroxylation is 1. The number of hydrogen-bond acceptors (Lipinski definition) is 8. The molecule has 196 valence electrons. The number of methoxy groups -OCH3 is 1. The molecule has 4 rings (SSSR count).